The van der Waals surface area contributed by atoms with Crippen molar-refractivity contribution >= 4 is 35.2 Å². The maximum absolute atomic E-state index is 13.1. The molecule has 4 aliphatic rings. The fourth-order valence-corrected chi connectivity index (χ4v) is 7.19. The molecule has 0 aliphatic heterocycles. The Hall–Kier alpha value is -1.20. The summed E-state index contributed by atoms with van der Waals surface area (Å²) in [5.74, 6) is 3.23. The van der Waals surface area contributed by atoms with Crippen LogP contribution >= 0.6 is 23.4 Å². The van der Waals surface area contributed by atoms with Crippen molar-refractivity contribution in [2.45, 2.75) is 56.7 Å². The standard InChI is InChI=1S/C22H29ClN2O2S/c1-15(26)25-22-11-17-8-18(12-22)10-21(9-17,14-22)20(27)24-6-7-28-13-16-2-4-19(23)5-3-16/h2-5,17-18H,6-14H2,1H3,(H,24,27)(H,25,26). The zero-order chi connectivity index (χ0) is 19.8. The number of carbonyl (C=O) groups is 2. The molecule has 2 N–H and O–H groups in total. The fraction of sp³-hybridized carbons (Fsp3) is 0.636. The molecular weight excluding hydrogens is 392 g/mol. The molecule has 0 spiro atoms. The van der Waals surface area contributed by atoms with Crippen molar-refractivity contribution in [3.63, 3.8) is 0 Å². The molecule has 4 nitrogen and oxygen atoms in total. The van der Waals surface area contributed by atoms with Crippen LogP contribution in [0.4, 0.5) is 0 Å². The number of thioether (sulfide) groups is 1. The van der Waals surface area contributed by atoms with Gasteiger partial charge >= 0.3 is 0 Å². The Morgan fingerprint density at radius 1 is 1.14 bits per heavy atom. The molecule has 0 radical (unpaired) electrons. The number of hydrogen-bond donors (Lipinski definition) is 2. The van der Waals surface area contributed by atoms with Gasteiger partial charge in [-0.25, -0.2) is 0 Å². The summed E-state index contributed by atoms with van der Waals surface area (Å²) in [7, 11) is 0. The second-order valence-corrected chi connectivity index (χ2v) is 10.7. The molecule has 28 heavy (non-hydrogen) atoms. The molecule has 4 fully saturated rings. The number of benzene rings is 1. The molecule has 2 atom stereocenters. The summed E-state index contributed by atoms with van der Waals surface area (Å²) in [4.78, 5) is 24.9. The number of rotatable bonds is 7. The first-order valence-electron chi connectivity index (χ1n) is 10.3. The first-order chi connectivity index (χ1) is 13.4. The molecule has 0 aromatic heterocycles. The van der Waals surface area contributed by atoms with Crippen LogP contribution in [0.3, 0.4) is 0 Å². The third-order valence-electron chi connectivity index (χ3n) is 6.70. The van der Waals surface area contributed by atoms with E-state index in [1.165, 1.54) is 12.0 Å². The highest BCUT2D eigenvalue weighted by Crippen LogP contribution is 2.61. The second-order valence-electron chi connectivity index (χ2n) is 9.14. The van der Waals surface area contributed by atoms with Gasteiger partial charge in [0, 0.05) is 35.5 Å². The van der Waals surface area contributed by atoms with Crippen LogP contribution in [0, 0.1) is 17.3 Å². The van der Waals surface area contributed by atoms with E-state index in [-0.39, 0.29) is 22.8 Å². The summed E-state index contributed by atoms with van der Waals surface area (Å²) in [6.45, 7) is 2.30. The summed E-state index contributed by atoms with van der Waals surface area (Å²) in [6, 6.07) is 7.92. The summed E-state index contributed by atoms with van der Waals surface area (Å²) in [5.41, 5.74) is 0.836. The van der Waals surface area contributed by atoms with Crippen LogP contribution in [-0.4, -0.2) is 29.7 Å². The Balaban J connectivity index is 1.29. The predicted molar refractivity (Wildman–Crippen MR) is 114 cm³/mol. The van der Waals surface area contributed by atoms with Gasteiger partial charge in [-0.05, 0) is 68.1 Å². The van der Waals surface area contributed by atoms with E-state index in [2.05, 4.69) is 10.6 Å². The zero-order valence-electron chi connectivity index (χ0n) is 16.4. The second kappa shape index (κ2) is 7.91. The minimum atomic E-state index is -0.270. The summed E-state index contributed by atoms with van der Waals surface area (Å²) in [5, 5.41) is 7.20. The Labute approximate surface area is 176 Å². The largest absolute Gasteiger partial charge is 0.355 e. The Morgan fingerprint density at radius 2 is 1.82 bits per heavy atom. The van der Waals surface area contributed by atoms with Gasteiger partial charge in [0.25, 0.3) is 0 Å². The van der Waals surface area contributed by atoms with E-state index in [9.17, 15) is 9.59 Å². The van der Waals surface area contributed by atoms with Gasteiger partial charge in [-0.2, -0.15) is 11.8 Å². The van der Waals surface area contributed by atoms with Crippen LogP contribution in [0.2, 0.25) is 5.02 Å². The Morgan fingerprint density at radius 3 is 2.46 bits per heavy atom. The molecule has 1 aromatic carbocycles. The molecule has 2 unspecified atom stereocenters. The highest BCUT2D eigenvalue weighted by Gasteiger charge is 2.60. The van der Waals surface area contributed by atoms with Crippen LogP contribution in [0.25, 0.3) is 0 Å². The number of carbonyl (C=O) groups excluding carboxylic acids is 2. The molecule has 6 heteroatoms. The van der Waals surface area contributed by atoms with Crippen molar-refractivity contribution in [3.8, 4) is 0 Å². The number of hydrogen-bond acceptors (Lipinski definition) is 3. The summed E-state index contributed by atoms with van der Waals surface area (Å²) >= 11 is 7.74. The lowest BCUT2D eigenvalue weighted by atomic mass is 9.46. The third kappa shape index (κ3) is 4.20. The maximum Gasteiger partial charge on any atom is 0.226 e. The van der Waals surface area contributed by atoms with Gasteiger partial charge in [0.05, 0.1) is 5.41 Å². The van der Waals surface area contributed by atoms with Crippen molar-refractivity contribution in [1.29, 1.82) is 0 Å². The third-order valence-corrected chi connectivity index (χ3v) is 7.98. The first kappa shape index (κ1) is 20.1. The molecule has 4 aliphatic carbocycles. The Bertz CT molecular complexity index is 737. The fourth-order valence-electron chi connectivity index (χ4n) is 6.24. The molecule has 0 saturated heterocycles. The summed E-state index contributed by atoms with van der Waals surface area (Å²) < 4.78 is 0. The average molecular weight is 421 g/mol. The van der Waals surface area contributed by atoms with E-state index in [4.69, 9.17) is 11.6 Å². The smallest absolute Gasteiger partial charge is 0.226 e. The quantitative estimate of drug-likeness (QED) is 0.651. The van der Waals surface area contributed by atoms with Crippen LogP contribution in [0.15, 0.2) is 24.3 Å². The molecule has 0 heterocycles. The van der Waals surface area contributed by atoms with E-state index in [0.29, 0.717) is 18.4 Å². The summed E-state index contributed by atoms with van der Waals surface area (Å²) in [6.07, 6.45) is 6.14. The highest BCUT2D eigenvalue weighted by atomic mass is 35.5. The average Bonchev–Trinajstić information content (AvgIpc) is 2.60. The van der Waals surface area contributed by atoms with Crippen LogP contribution in [0.5, 0.6) is 0 Å². The molecule has 152 valence electrons. The van der Waals surface area contributed by atoms with Crippen molar-refractivity contribution < 1.29 is 9.59 Å². The van der Waals surface area contributed by atoms with Gasteiger partial charge in [-0.15, -0.1) is 0 Å². The van der Waals surface area contributed by atoms with Crippen molar-refractivity contribution in [3.05, 3.63) is 34.9 Å². The van der Waals surface area contributed by atoms with E-state index in [1.807, 2.05) is 36.0 Å². The van der Waals surface area contributed by atoms with E-state index in [0.717, 1.165) is 48.6 Å². The first-order valence-corrected chi connectivity index (χ1v) is 11.8. The van der Waals surface area contributed by atoms with E-state index < -0.39 is 0 Å². The van der Waals surface area contributed by atoms with Crippen molar-refractivity contribution in [2.75, 3.05) is 12.3 Å². The minimum Gasteiger partial charge on any atom is -0.355 e. The van der Waals surface area contributed by atoms with Gasteiger partial charge in [0.15, 0.2) is 0 Å². The predicted octanol–water partition coefficient (Wildman–Crippen LogP) is 4.16. The van der Waals surface area contributed by atoms with Crippen LogP contribution < -0.4 is 10.6 Å². The topological polar surface area (TPSA) is 58.2 Å². The highest BCUT2D eigenvalue weighted by molar-refractivity contribution is 7.98. The van der Waals surface area contributed by atoms with Crippen molar-refractivity contribution in [2.24, 2.45) is 17.3 Å². The molecule has 4 bridgehead atoms. The minimum absolute atomic E-state index is 0.0381. The van der Waals surface area contributed by atoms with Gasteiger partial charge in [-0.3, -0.25) is 9.59 Å². The molecule has 4 saturated carbocycles. The van der Waals surface area contributed by atoms with Crippen LogP contribution in [-0.2, 0) is 15.3 Å². The SMILES string of the molecule is CC(=O)NC12CC3CC(C1)CC(C(=O)NCCSCc1ccc(Cl)cc1)(C3)C2. The van der Waals surface area contributed by atoms with Gasteiger partial charge in [0.2, 0.25) is 11.8 Å². The van der Waals surface area contributed by atoms with Gasteiger partial charge in [0.1, 0.15) is 0 Å². The lowest BCUT2D eigenvalue weighted by molar-refractivity contribution is -0.152. The zero-order valence-corrected chi connectivity index (χ0v) is 18.0. The van der Waals surface area contributed by atoms with Gasteiger partial charge < -0.3 is 10.6 Å². The normalized spacial score (nSPS) is 32.9. The van der Waals surface area contributed by atoms with Crippen LogP contribution in [0.1, 0.15) is 51.0 Å². The lowest BCUT2D eigenvalue weighted by Gasteiger charge is -2.61. The molecule has 5 rings (SSSR count). The molecular formula is C22H29ClN2O2S. The monoisotopic (exact) mass is 420 g/mol. The lowest BCUT2D eigenvalue weighted by Crippen LogP contribution is -2.65. The Kier molecular flexibility index (Phi) is 5.67. The van der Waals surface area contributed by atoms with E-state index in [1.54, 1.807) is 6.92 Å². The number of halogens is 1. The maximum atomic E-state index is 13.1. The molecule has 1 aromatic rings. The number of nitrogens with one attached hydrogen (secondary N) is 2. The van der Waals surface area contributed by atoms with E-state index >= 15 is 0 Å². The van der Waals surface area contributed by atoms with Crippen molar-refractivity contribution in [1.82, 2.24) is 10.6 Å². The molecule has 2 amide bonds. The van der Waals surface area contributed by atoms with Gasteiger partial charge in [-0.1, -0.05) is 23.7 Å². The number of amides is 2.